The summed E-state index contributed by atoms with van der Waals surface area (Å²) < 4.78 is 17.3. The Morgan fingerprint density at radius 2 is 1.67 bits per heavy atom. The van der Waals surface area contributed by atoms with E-state index in [1.165, 1.54) is 0 Å². The van der Waals surface area contributed by atoms with Gasteiger partial charge in [0.1, 0.15) is 23.0 Å². The molecule has 0 aliphatic carbocycles. The minimum atomic E-state index is -0.839. The molecule has 7 rings (SSSR count). The van der Waals surface area contributed by atoms with Gasteiger partial charge < -0.3 is 24.2 Å². The zero-order chi connectivity index (χ0) is 28.9. The van der Waals surface area contributed by atoms with Gasteiger partial charge in [0.05, 0.1) is 19.8 Å². The maximum Gasteiger partial charge on any atom is 0.162 e. The average molecular weight is 564 g/mol. The van der Waals surface area contributed by atoms with Crippen LogP contribution in [0.2, 0.25) is 0 Å². The fourth-order valence-corrected chi connectivity index (χ4v) is 6.04. The molecule has 4 aromatic rings. The van der Waals surface area contributed by atoms with E-state index < -0.39 is 6.10 Å². The number of aliphatic hydroxyl groups excluding tert-OH is 1. The minimum Gasteiger partial charge on any atom is -0.497 e. The van der Waals surface area contributed by atoms with Crippen LogP contribution in [0, 0.1) is 5.92 Å². The Morgan fingerprint density at radius 1 is 0.929 bits per heavy atom. The van der Waals surface area contributed by atoms with Gasteiger partial charge in [0.15, 0.2) is 5.78 Å². The Morgan fingerprint density at radius 3 is 2.43 bits per heavy atom. The lowest BCUT2D eigenvalue weighted by Gasteiger charge is -2.30. The molecule has 0 radical (unpaired) electrons. The van der Waals surface area contributed by atoms with Crippen LogP contribution in [0.15, 0.2) is 96.6 Å². The number of likely N-dealkylation sites (tertiary alicyclic amines) is 1. The number of benzene rings is 4. The lowest BCUT2D eigenvalue weighted by Crippen LogP contribution is -2.33. The van der Waals surface area contributed by atoms with Gasteiger partial charge in [0.25, 0.3) is 0 Å². The highest BCUT2D eigenvalue weighted by molar-refractivity contribution is 5.96. The molecular formula is C36H37NO5. The van der Waals surface area contributed by atoms with E-state index in [2.05, 4.69) is 29.2 Å². The first-order valence-corrected chi connectivity index (χ1v) is 14.8. The normalized spacial score (nSPS) is 20.1. The molecule has 4 bridgehead atoms. The summed E-state index contributed by atoms with van der Waals surface area (Å²) in [5.41, 5.74) is 2.55. The lowest BCUT2D eigenvalue weighted by molar-refractivity contribution is -0.117. The van der Waals surface area contributed by atoms with Crippen LogP contribution in [-0.4, -0.2) is 49.1 Å². The molecular weight excluding hydrogens is 526 g/mol. The summed E-state index contributed by atoms with van der Waals surface area (Å²) in [5, 5.41) is 14.0. The van der Waals surface area contributed by atoms with Gasteiger partial charge in [-0.1, -0.05) is 42.5 Å². The number of allylic oxidation sites excluding steroid dienone is 1. The van der Waals surface area contributed by atoms with Crippen LogP contribution >= 0.6 is 0 Å². The molecule has 4 aromatic carbocycles. The summed E-state index contributed by atoms with van der Waals surface area (Å²) >= 11 is 0. The molecule has 42 heavy (non-hydrogen) atoms. The van der Waals surface area contributed by atoms with E-state index >= 15 is 0 Å². The summed E-state index contributed by atoms with van der Waals surface area (Å²) in [4.78, 5) is 16.4. The van der Waals surface area contributed by atoms with Crippen molar-refractivity contribution in [2.24, 2.45) is 5.92 Å². The van der Waals surface area contributed by atoms with Crippen molar-refractivity contribution in [3.8, 4) is 23.0 Å². The molecule has 0 aromatic heterocycles. The molecule has 3 heterocycles. The Labute approximate surface area is 247 Å². The second-order valence-electron chi connectivity index (χ2n) is 11.1. The number of fused-ring (bicyclic) bond motifs is 5. The fourth-order valence-electron chi connectivity index (χ4n) is 6.04. The van der Waals surface area contributed by atoms with Crippen molar-refractivity contribution in [2.45, 2.75) is 31.8 Å². The number of carbonyl (C=O) groups excluding carboxylic acids is 1. The summed E-state index contributed by atoms with van der Waals surface area (Å²) in [6, 6.07) is 27.3. The number of ketones is 1. The monoisotopic (exact) mass is 563 g/mol. The molecule has 0 saturated carbocycles. The summed E-state index contributed by atoms with van der Waals surface area (Å²) in [6.07, 6.45) is 4.26. The maximum absolute atomic E-state index is 14.0. The molecule has 6 nitrogen and oxygen atoms in total. The van der Waals surface area contributed by atoms with Crippen LogP contribution in [0.1, 0.15) is 36.5 Å². The molecule has 0 spiro atoms. The molecule has 6 heteroatoms. The van der Waals surface area contributed by atoms with E-state index in [0.717, 1.165) is 59.3 Å². The number of hydrogen-bond donors (Lipinski definition) is 1. The highest BCUT2D eigenvalue weighted by atomic mass is 16.5. The number of rotatable bonds is 8. The van der Waals surface area contributed by atoms with Gasteiger partial charge in [0.2, 0.25) is 0 Å². The smallest absolute Gasteiger partial charge is 0.162 e. The number of nitrogens with zero attached hydrogens (tertiary/aromatic N) is 1. The van der Waals surface area contributed by atoms with E-state index in [0.29, 0.717) is 30.0 Å². The van der Waals surface area contributed by atoms with Gasteiger partial charge in [-0.05, 0) is 108 Å². The number of hydrogen-bond acceptors (Lipinski definition) is 6. The fraction of sp³-hybridized carbons (Fsp3) is 0.306. The van der Waals surface area contributed by atoms with E-state index in [1.807, 2.05) is 66.7 Å². The first-order valence-electron chi connectivity index (χ1n) is 14.8. The highest BCUT2D eigenvalue weighted by Crippen LogP contribution is 2.35. The van der Waals surface area contributed by atoms with Crippen molar-refractivity contribution in [2.75, 3.05) is 33.4 Å². The van der Waals surface area contributed by atoms with E-state index in [9.17, 15) is 9.90 Å². The van der Waals surface area contributed by atoms with E-state index in [4.69, 9.17) is 14.2 Å². The van der Waals surface area contributed by atoms with Gasteiger partial charge in [0, 0.05) is 18.9 Å². The van der Waals surface area contributed by atoms with Crippen molar-refractivity contribution in [1.82, 2.24) is 4.90 Å². The van der Waals surface area contributed by atoms with Gasteiger partial charge in [-0.3, -0.25) is 4.79 Å². The number of methoxy groups -OCH3 is 1. The Hall–Kier alpha value is -4.13. The van der Waals surface area contributed by atoms with Crippen LogP contribution in [0.5, 0.6) is 23.0 Å². The second-order valence-corrected chi connectivity index (χ2v) is 11.1. The van der Waals surface area contributed by atoms with Crippen LogP contribution in [-0.2, 0) is 11.2 Å². The Kier molecular flexibility index (Phi) is 8.54. The molecule has 1 saturated heterocycles. The Balaban J connectivity index is 1.36. The molecule has 1 N–H and O–H groups in total. The van der Waals surface area contributed by atoms with Crippen molar-refractivity contribution in [3.63, 3.8) is 0 Å². The average Bonchev–Trinajstić information content (AvgIpc) is 3.54. The van der Waals surface area contributed by atoms with Crippen LogP contribution < -0.4 is 14.2 Å². The van der Waals surface area contributed by atoms with Crippen LogP contribution in [0.3, 0.4) is 0 Å². The van der Waals surface area contributed by atoms with Gasteiger partial charge in [-0.15, -0.1) is 0 Å². The SMILES string of the molecule is COc1ccc(OCCC(=O)/C2=C\Cc3cccc4ccc(cc34)Oc3ccc(cc3)[C@@H](O)[C@H]2CN2CCCC2)cc1. The quantitative estimate of drug-likeness (QED) is 0.251. The van der Waals surface area contributed by atoms with Crippen LogP contribution in [0.25, 0.3) is 10.8 Å². The van der Waals surface area contributed by atoms with Crippen LogP contribution in [0.4, 0.5) is 0 Å². The third-order valence-corrected chi connectivity index (χ3v) is 8.36. The summed E-state index contributed by atoms with van der Waals surface area (Å²) in [6.45, 7) is 2.82. The molecule has 216 valence electrons. The van der Waals surface area contributed by atoms with E-state index in [-0.39, 0.29) is 24.7 Å². The molecule has 0 amide bonds. The zero-order valence-electron chi connectivity index (χ0n) is 24.0. The molecule has 3 aliphatic heterocycles. The number of carbonyl (C=O) groups is 1. The second kappa shape index (κ2) is 12.8. The topological polar surface area (TPSA) is 68.2 Å². The van der Waals surface area contributed by atoms with Gasteiger partial charge >= 0.3 is 0 Å². The van der Waals surface area contributed by atoms with Crippen molar-refractivity contribution >= 4 is 16.6 Å². The molecule has 2 atom stereocenters. The highest BCUT2D eigenvalue weighted by Gasteiger charge is 2.31. The largest absolute Gasteiger partial charge is 0.497 e. The van der Waals surface area contributed by atoms with Crippen molar-refractivity contribution in [1.29, 1.82) is 0 Å². The number of ether oxygens (including phenoxy) is 3. The Bertz CT molecular complexity index is 1550. The predicted octanol–water partition coefficient (Wildman–Crippen LogP) is 6.91. The predicted molar refractivity (Wildman–Crippen MR) is 164 cm³/mol. The zero-order valence-corrected chi connectivity index (χ0v) is 24.0. The maximum atomic E-state index is 14.0. The standard InChI is InChI=1S/C36H37NO5/c1-40-28-14-16-29(17-15-28)41-22-19-35(38)32-18-10-26-6-4-5-25-7-13-31(23-33(25)26)42-30-11-8-27(9-12-30)36(39)34(32)24-37-20-2-3-21-37/h4-9,11-18,23,34,36,39H,2-3,10,19-22,24H2,1H3/b32-18-/t34-,36+/m0/s1. The number of aliphatic hydroxyl groups is 1. The third-order valence-electron chi connectivity index (χ3n) is 8.36. The molecule has 0 unspecified atom stereocenters. The molecule has 1 fully saturated rings. The van der Waals surface area contributed by atoms with Gasteiger partial charge in [-0.25, -0.2) is 0 Å². The third kappa shape index (κ3) is 6.35. The number of Topliss-reactive ketones (excluding diaryl/α,β-unsaturated/α-hetero) is 1. The molecule has 3 aliphatic rings. The van der Waals surface area contributed by atoms with E-state index in [1.54, 1.807) is 7.11 Å². The van der Waals surface area contributed by atoms with Crippen molar-refractivity contribution in [3.05, 3.63) is 108 Å². The summed E-state index contributed by atoms with van der Waals surface area (Å²) in [7, 11) is 1.63. The first kappa shape index (κ1) is 28.0. The minimum absolute atomic E-state index is 0.000248. The van der Waals surface area contributed by atoms with Gasteiger partial charge in [-0.2, -0.15) is 0 Å². The van der Waals surface area contributed by atoms with Crippen molar-refractivity contribution < 1.29 is 24.1 Å². The lowest BCUT2D eigenvalue weighted by atomic mass is 9.84. The first-order chi connectivity index (χ1) is 20.6. The summed E-state index contributed by atoms with van der Waals surface area (Å²) in [5.74, 6) is 2.52.